The van der Waals surface area contributed by atoms with E-state index in [0.29, 0.717) is 17.1 Å². The highest BCUT2D eigenvalue weighted by Crippen LogP contribution is 2.19. The first kappa shape index (κ1) is 16.1. The fourth-order valence-electron chi connectivity index (χ4n) is 1.56. The number of allylic oxidation sites excluding steroid dienone is 2. The van der Waals surface area contributed by atoms with Crippen LogP contribution in [0.5, 0.6) is 17.6 Å². The monoisotopic (exact) mass is 314 g/mol. The van der Waals surface area contributed by atoms with E-state index in [1.807, 2.05) is 0 Å². The summed E-state index contributed by atoms with van der Waals surface area (Å²) >= 11 is 0. The van der Waals surface area contributed by atoms with Crippen LogP contribution in [0.25, 0.3) is 12.2 Å². The van der Waals surface area contributed by atoms with Crippen LogP contribution in [0.15, 0.2) is 24.5 Å². The second-order valence-electron chi connectivity index (χ2n) is 4.40. The Morgan fingerprint density at radius 2 is 1.61 bits per heavy atom. The summed E-state index contributed by atoms with van der Waals surface area (Å²) in [6, 6.07) is 0. The minimum Gasteiger partial charge on any atom is -0.492 e. The van der Waals surface area contributed by atoms with Crippen molar-refractivity contribution in [1.29, 1.82) is 0 Å². The topological polar surface area (TPSA) is 118 Å². The number of aromatic nitrogens is 4. The van der Waals surface area contributed by atoms with Crippen LogP contribution in [-0.2, 0) is 4.79 Å². The van der Waals surface area contributed by atoms with Gasteiger partial charge >= 0.3 is 0 Å². The summed E-state index contributed by atoms with van der Waals surface area (Å²) in [5.74, 6) is -0.790. The first-order valence-electron chi connectivity index (χ1n) is 6.52. The van der Waals surface area contributed by atoms with E-state index in [9.17, 15) is 15.0 Å². The summed E-state index contributed by atoms with van der Waals surface area (Å²) < 4.78 is 4.83. The lowest BCUT2D eigenvalue weighted by molar-refractivity contribution is -0.110. The number of ketones is 1. The smallest absolute Gasteiger partial charge is 0.278 e. The van der Waals surface area contributed by atoms with Crippen molar-refractivity contribution in [3.8, 4) is 17.6 Å². The second kappa shape index (κ2) is 7.12. The molecule has 8 heteroatoms. The third kappa shape index (κ3) is 4.34. The van der Waals surface area contributed by atoms with Crippen LogP contribution in [0.4, 0.5) is 0 Å². The quantitative estimate of drug-likeness (QED) is 0.792. The number of nitrogens with zero attached hydrogens (tertiary/aromatic N) is 4. The van der Waals surface area contributed by atoms with Crippen LogP contribution < -0.4 is 4.74 Å². The minimum absolute atomic E-state index is 0.0232. The zero-order valence-corrected chi connectivity index (χ0v) is 12.5. The van der Waals surface area contributed by atoms with Crippen molar-refractivity contribution in [2.75, 3.05) is 7.11 Å². The molecule has 2 rings (SSSR count). The Morgan fingerprint density at radius 1 is 1.04 bits per heavy atom. The van der Waals surface area contributed by atoms with Crippen molar-refractivity contribution in [1.82, 2.24) is 19.9 Å². The highest BCUT2D eigenvalue weighted by molar-refractivity contribution is 6.04. The van der Waals surface area contributed by atoms with Gasteiger partial charge < -0.3 is 14.9 Å². The molecule has 2 aromatic rings. The van der Waals surface area contributed by atoms with Gasteiger partial charge in [-0.3, -0.25) is 4.79 Å². The molecule has 0 unspecified atom stereocenters. The fraction of sp³-hybridized carbons (Fsp3) is 0.133. The van der Waals surface area contributed by atoms with Gasteiger partial charge in [0.05, 0.1) is 36.6 Å². The fourth-order valence-corrected chi connectivity index (χ4v) is 1.56. The Labute approximate surface area is 131 Å². The number of aromatic hydroxyl groups is 2. The molecule has 0 aromatic carbocycles. The van der Waals surface area contributed by atoms with E-state index in [1.165, 1.54) is 43.8 Å². The molecule has 0 spiro atoms. The molecule has 0 aliphatic rings. The maximum atomic E-state index is 11.8. The third-order valence-corrected chi connectivity index (χ3v) is 2.71. The molecule has 23 heavy (non-hydrogen) atoms. The molecule has 0 aliphatic heterocycles. The molecule has 0 bridgehead atoms. The van der Waals surface area contributed by atoms with Gasteiger partial charge in [0.2, 0.25) is 5.88 Å². The number of carbonyl (C=O) groups excluding carboxylic acids is 1. The number of hydrogen-bond acceptors (Lipinski definition) is 8. The van der Waals surface area contributed by atoms with E-state index in [4.69, 9.17) is 4.74 Å². The average molecular weight is 314 g/mol. The first-order chi connectivity index (χ1) is 11.0. The summed E-state index contributed by atoms with van der Waals surface area (Å²) in [7, 11) is 1.35. The lowest BCUT2D eigenvalue weighted by atomic mass is 10.2. The average Bonchev–Trinajstić information content (AvgIpc) is 2.55. The number of aryl methyl sites for hydroxylation is 1. The van der Waals surface area contributed by atoms with Crippen molar-refractivity contribution >= 4 is 17.9 Å². The van der Waals surface area contributed by atoms with Crippen LogP contribution in [0.1, 0.15) is 17.1 Å². The predicted octanol–water partition coefficient (Wildman–Crippen LogP) is 1.29. The molecule has 8 nitrogen and oxygen atoms in total. The molecule has 0 fully saturated rings. The summed E-state index contributed by atoms with van der Waals surface area (Å²) in [6.45, 7) is 1.61. The second-order valence-corrected chi connectivity index (χ2v) is 4.40. The lowest BCUT2D eigenvalue weighted by Gasteiger charge is -2.00. The van der Waals surface area contributed by atoms with E-state index >= 15 is 0 Å². The molecule has 0 aliphatic carbocycles. The van der Waals surface area contributed by atoms with E-state index < -0.39 is 0 Å². The number of carbonyl (C=O) groups is 1. The number of ether oxygens (including phenoxy) is 1. The zero-order chi connectivity index (χ0) is 16.8. The van der Waals surface area contributed by atoms with Crippen LogP contribution in [0.2, 0.25) is 0 Å². The zero-order valence-electron chi connectivity index (χ0n) is 12.5. The Bertz CT molecular complexity index is 787. The van der Waals surface area contributed by atoms with Crippen LogP contribution in [0, 0.1) is 6.92 Å². The van der Waals surface area contributed by atoms with Crippen LogP contribution >= 0.6 is 0 Å². The van der Waals surface area contributed by atoms with Gasteiger partial charge in [0.15, 0.2) is 5.78 Å². The predicted molar refractivity (Wildman–Crippen MR) is 81.8 cm³/mol. The third-order valence-electron chi connectivity index (χ3n) is 2.71. The summed E-state index contributed by atoms with van der Waals surface area (Å²) in [5, 5.41) is 18.6. The molecular formula is C15H14N4O4. The molecule has 0 saturated heterocycles. The first-order valence-corrected chi connectivity index (χ1v) is 6.52. The van der Waals surface area contributed by atoms with Crippen LogP contribution in [-0.4, -0.2) is 43.0 Å². The van der Waals surface area contributed by atoms with E-state index in [-0.39, 0.29) is 23.4 Å². The standard InChI is InChI=1S/C15H14N4O4/c1-9-13(21)16-7-10(18-9)3-5-12(20)6-4-11-8-17-14(22)15(19-11)23-2/h3-8H,1-2H3,(H,16,21)(H,17,22)/b5-3+,6-4+. The summed E-state index contributed by atoms with van der Waals surface area (Å²) in [4.78, 5) is 27.2. The minimum atomic E-state index is -0.322. The maximum absolute atomic E-state index is 11.8. The van der Waals surface area contributed by atoms with E-state index in [2.05, 4.69) is 19.9 Å². The molecule has 0 saturated carbocycles. The van der Waals surface area contributed by atoms with Crippen LogP contribution in [0.3, 0.4) is 0 Å². The number of hydrogen-bond donors (Lipinski definition) is 2. The maximum Gasteiger partial charge on any atom is 0.278 e. The van der Waals surface area contributed by atoms with Crippen molar-refractivity contribution in [3.05, 3.63) is 41.6 Å². The Balaban J connectivity index is 2.06. The van der Waals surface area contributed by atoms with Gasteiger partial charge in [-0.15, -0.1) is 0 Å². The molecule has 2 aromatic heterocycles. The summed E-state index contributed by atoms with van der Waals surface area (Å²) in [6.07, 6.45) is 8.18. The van der Waals surface area contributed by atoms with Gasteiger partial charge in [-0.2, -0.15) is 0 Å². The Kier molecular flexibility index (Phi) is 4.98. The highest BCUT2D eigenvalue weighted by atomic mass is 16.5. The SMILES string of the molecule is COc1nc(/C=C/C(=O)/C=C/c2cnc(O)c(C)n2)cnc1O. The molecule has 0 radical (unpaired) electrons. The molecular weight excluding hydrogens is 300 g/mol. The Hall–Kier alpha value is -3.29. The molecule has 0 amide bonds. The number of methoxy groups -OCH3 is 1. The molecule has 2 heterocycles. The number of rotatable bonds is 5. The van der Waals surface area contributed by atoms with E-state index in [1.54, 1.807) is 6.92 Å². The van der Waals surface area contributed by atoms with E-state index in [0.717, 1.165) is 0 Å². The Morgan fingerprint density at radius 3 is 2.17 bits per heavy atom. The van der Waals surface area contributed by atoms with Gasteiger partial charge in [0, 0.05) is 0 Å². The van der Waals surface area contributed by atoms with Crippen molar-refractivity contribution in [3.63, 3.8) is 0 Å². The van der Waals surface area contributed by atoms with Crippen molar-refractivity contribution in [2.45, 2.75) is 6.92 Å². The van der Waals surface area contributed by atoms with Gasteiger partial charge in [-0.05, 0) is 31.2 Å². The largest absolute Gasteiger partial charge is 0.492 e. The van der Waals surface area contributed by atoms with Gasteiger partial charge in [-0.1, -0.05) is 0 Å². The lowest BCUT2D eigenvalue weighted by Crippen LogP contribution is -1.93. The molecule has 118 valence electrons. The normalized spacial score (nSPS) is 11.2. The van der Waals surface area contributed by atoms with Gasteiger partial charge in [-0.25, -0.2) is 19.9 Å². The molecule has 2 N–H and O–H groups in total. The summed E-state index contributed by atoms with van der Waals surface area (Å²) in [5.41, 5.74) is 1.19. The highest BCUT2D eigenvalue weighted by Gasteiger charge is 2.04. The van der Waals surface area contributed by atoms with Crippen molar-refractivity contribution < 1.29 is 19.7 Å². The van der Waals surface area contributed by atoms with Gasteiger partial charge in [0.25, 0.3) is 11.8 Å². The molecule has 0 atom stereocenters. The van der Waals surface area contributed by atoms with Gasteiger partial charge in [0.1, 0.15) is 0 Å². The van der Waals surface area contributed by atoms with Crippen molar-refractivity contribution in [2.24, 2.45) is 0 Å².